The molecule has 3 aromatic rings. The van der Waals surface area contributed by atoms with Crippen LogP contribution in [0.4, 0.5) is 0 Å². The second-order valence-electron chi connectivity index (χ2n) is 6.79. The summed E-state index contributed by atoms with van der Waals surface area (Å²) in [6.45, 7) is 0.565. The van der Waals surface area contributed by atoms with E-state index in [1.54, 1.807) is 48.6 Å². The van der Waals surface area contributed by atoms with Gasteiger partial charge in [-0.25, -0.2) is 0 Å². The fourth-order valence-electron chi connectivity index (χ4n) is 2.94. The van der Waals surface area contributed by atoms with Crippen LogP contribution in [0, 0.1) is 0 Å². The topological polar surface area (TPSA) is 86.0 Å². The average molecular weight is 429 g/mol. The maximum absolute atomic E-state index is 13.0. The largest absolute Gasteiger partial charge is 0.497 e. The van der Waals surface area contributed by atoms with E-state index in [2.05, 4.69) is 0 Å². The normalized spacial score (nSPS) is 11.1. The summed E-state index contributed by atoms with van der Waals surface area (Å²) < 4.78 is 38.3. The summed E-state index contributed by atoms with van der Waals surface area (Å²) in [6, 6.07) is 17.6. The van der Waals surface area contributed by atoms with Gasteiger partial charge in [0, 0.05) is 6.54 Å². The summed E-state index contributed by atoms with van der Waals surface area (Å²) in [5, 5.41) is 0. The highest BCUT2D eigenvalue weighted by Crippen LogP contribution is 2.19. The van der Waals surface area contributed by atoms with E-state index in [0.29, 0.717) is 12.3 Å². The zero-order valence-electron chi connectivity index (χ0n) is 16.8. The van der Waals surface area contributed by atoms with Gasteiger partial charge in [0.05, 0.1) is 32.6 Å². The zero-order valence-corrected chi connectivity index (χ0v) is 17.6. The summed E-state index contributed by atoms with van der Waals surface area (Å²) in [4.78, 5) is 14.7. The second kappa shape index (κ2) is 9.49. The van der Waals surface area contributed by atoms with E-state index in [0.717, 1.165) is 23.1 Å². The van der Waals surface area contributed by atoms with Crippen molar-refractivity contribution in [1.82, 2.24) is 4.90 Å². The Morgan fingerprint density at radius 3 is 2.37 bits per heavy atom. The molecule has 0 saturated heterocycles. The SMILES string of the molecule is COc1ccc(CC(=O)N(Cc2cccc(OS(C)(=O)=O)c2)Cc2ccco2)cc1. The molecule has 3 rings (SSSR count). The molecule has 1 aromatic heterocycles. The van der Waals surface area contributed by atoms with Gasteiger partial charge in [-0.3, -0.25) is 4.79 Å². The third-order valence-electron chi connectivity index (χ3n) is 4.31. The number of amides is 1. The summed E-state index contributed by atoms with van der Waals surface area (Å²) in [6.07, 6.45) is 2.76. The van der Waals surface area contributed by atoms with Crippen LogP contribution in [0.15, 0.2) is 71.3 Å². The first-order valence-electron chi connectivity index (χ1n) is 9.24. The Morgan fingerprint density at radius 2 is 1.73 bits per heavy atom. The molecule has 0 spiro atoms. The van der Waals surface area contributed by atoms with Crippen LogP contribution in [0.3, 0.4) is 0 Å². The van der Waals surface area contributed by atoms with Crippen molar-refractivity contribution in [3.8, 4) is 11.5 Å². The van der Waals surface area contributed by atoms with Gasteiger partial charge in [0.1, 0.15) is 17.3 Å². The molecule has 0 unspecified atom stereocenters. The molecule has 0 aliphatic carbocycles. The first-order chi connectivity index (χ1) is 14.3. The third kappa shape index (κ3) is 6.38. The number of hydrogen-bond donors (Lipinski definition) is 0. The van der Waals surface area contributed by atoms with Crippen LogP contribution >= 0.6 is 0 Å². The Labute approximate surface area is 176 Å². The minimum Gasteiger partial charge on any atom is -0.497 e. The first kappa shape index (κ1) is 21.4. The van der Waals surface area contributed by atoms with Crippen molar-refractivity contribution in [2.45, 2.75) is 19.5 Å². The summed E-state index contributed by atoms with van der Waals surface area (Å²) in [5.74, 6) is 1.49. The Morgan fingerprint density at radius 1 is 0.967 bits per heavy atom. The Kier molecular flexibility index (Phi) is 6.79. The molecule has 2 aromatic carbocycles. The van der Waals surface area contributed by atoms with Crippen molar-refractivity contribution in [1.29, 1.82) is 0 Å². The molecule has 1 heterocycles. The molecular formula is C22H23NO6S. The van der Waals surface area contributed by atoms with Crippen LogP contribution in [0.5, 0.6) is 11.5 Å². The molecule has 0 aliphatic rings. The van der Waals surface area contributed by atoms with Gasteiger partial charge in [0.15, 0.2) is 0 Å². The van der Waals surface area contributed by atoms with E-state index in [1.807, 2.05) is 30.3 Å². The number of furan rings is 1. The molecule has 1 amide bonds. The quantitative estimate of drug-likeness (QED) is 0.485. The number of methoxy groups -OCH3 is 1. The van der Waals surface area contributed by atoms with Crippen LogP contribution in [0.2, 0.25) is 0 Å². The summed E-state index contributed by atoms with van der Waals surface area (Å²) in [7, 11) is -2.04. The predicted molar refractivity (Wildman–Crippen MR) is 112 cm³/mol. The van der Waals surface area contributed by atoms with Crippen molar-refractivity contribution >= 4 is 16.0 Å². The number of carbonyl (C=O) groups is 1. The molecule has 30 heavy (non-hydrogen) atoms. The van der Waals surface area contributed by atoms with Gasteiger partial charge in [-0.1, -0.05) is 24.3 Å². The lowest BCUT2D eigenvalue weighted by Crippen LogP contribution is -2.31. The highest BCUT2D eigenvalue weighted by molar-refractivity contribution is 7.86. The van der Waals surface area contributed by atoms with Crippen molar-refractivity contribution in [2.24, 2.45) is 0 Å². The maximum atomic E-state index is 13.0. The number of nitrogens with zero attached hydrogens (tertiary/aromatic N) is 1. The van der Waals surface area contributed by atoms with Crippen molar-refractivity contribution in [3.05, 3.63) is 83.8 Å². The van der Waals surface area contributed by atoms with E-state index < -0.39 is 10.1 Å². The number of carbonyl (C=O) groups excluding carboxylic acids is 1. The highest BCUT2D eigenvalue weighted by Gasteiger charge is 2.17. The van der Waals surface area contributed by atoms with E-state index in [9.17, 15) is 13.2 Å². The van der Waals surface area contributed by atoms with Crippen molar-refractivity contribution in [3.63, 3.8) is 0 Å². The monoisotopic (exact) mass is 429 g/mol. The van der Waals surface area contributed by atoms with Gasteiger partial charge >= 0.3 is 10.1 Å². The average Bonchev–Trinajstić information content (AvgIpc) is 3.20. The minimum absolute atomic E-state index is 0.0917. The molecule has 0 N–H and O–H groups in total. The summed E-state index contributed by atoms with van der Waals surface area (Å²) in [5.41, 5.74) is 1.60. The fourth-order valence-corrected chi connectivity index (χ4v) is 3.40. The van der Waals surface area contributed by atoms with E-state index in [-0.39, 0.29) is 24.6 Å². The number of rotatable bonds is 9. The molecule has 7 nitrogen and oxygen atoms in total. The zero-order chi connectivity index (χ0) is 21.6. The molecule has 0 saturated carbocycles. The Hall–Kier alpha value is -3.26. The second-order valence-corrected chi connectivity index (χ2v) is 8.36. The van der Waals surface area contributed by atoms with Crippen molar-refractivity contribution in [2.75, 3.05) is 13.4 Å². The lowest BCUT2D eigenvalue weighted by molar-refractivity contribution is -0.132. The summed E-state index contributed by atoms with van der Waals surface area (Å²) >= 11 is 0. The first-order valence-corrected chi connectivity index (χ1v) is 11.1. The van der Waals surface area contributed by atoms with E-state index >= 15 is 0 Å². The molecule has 0 bridgehead atoms. The molecule has 0 radical (unpaired) electrons. The minimum atomic E-state index is -3.63. The highest BCUT2D eigenvalue weighted by atomic mass is 32.2. The van der Waals surface area contributed by atoms with Crippen LogP contribution in [-0.2, 0) is 34.4 Å². The van der Waals surface area contributed by atoms with E-state index in [4.69, 9.17) is 13.3 Å². The van der Waals surface area contributed by atoms with Gasteiger partial charge in [-0.15, -0.1) is 0 Å². The van der Waals surface area contributed by atoms with Gasteiger partial charge < -0.3 is 18.2 Å². The lowest BCUT2D eigenvalue weighted by Gasteiger charge is -2.22. The van der Waals surface area contributed by atoms with Gasteiger partial charge in [-0.2, -0.15) is 8.42 Å². The Bertz CT molecular complexity index is 1080. The predicted octanol–water partition coefficient (Wildman–Crippen LogP) is 3.40. The molecule has 158 valence electrons. The molecular weight excluding hydrogens is 406 g/mol. The molecule has 8 heteroatoms. The number of hydrogen-bond acceptors (Lipinski definition) is 6. The smallest absolute Gasteiger partial charge is 0.306 e. The number of ether oxygens (including phenoxy) is 1. The van der Waals surface area contributed by atoms with Gasteiger partial charge in [-0.05, 0) is 47.5 Å². The van der Waals surface area contributed by atoms with Crippen LogP contribution in [0.1, 0.15) is 16.9 Å². The maximum Gasteiger partial charge on any atom is 0.306 e. The Balaban J connectivity index is 1.78. The van der Waals surface area contributed by atoms with E-state index in [1.165, 1.54) is 0 Å². The molecule has 0 atom stereocenters. The van der Waals surface area contributed by atoms with Crippen LogP contribution in [0.25, 0.3) is 0 Å². The number of benzene rings is 2. The molecule has 0 aliphatic heterocycles. The standard InChI is InChI=1S/C22H23NO6S/c1-27-19-10-8-17(9-11-19)14-22(24)23(16-21-7-4-12-28-21)15-18-5-3-6-20(13-18)29-30(2,25)26/h3-13H,14-16H2,1-2H3. The lowest BCUT2D eigenvalue weighted by atomic mass is 10.1. The van der Waals surface area contributed by atoms with Crippen molar-refractivity contribution < 1.29 is 26.5 Å². The fraction of sp³-hybridized carbons (Fsp3) is 0.227. The third-order valence-corrected chi connectivity index (χ3v) is 4.81. The van der Waals surface area contributed by atoms with Gasteiger partial charge in [0.25, 0.3) is 0 Å². The van der Waals surface area contributed by atoms with Crippen LogP contribution in [-0.4, -0.2) is 32.6 Å². The molecule has 0 fully saturated rings. The van der Waals surface area contributed by atoms with Gasteiger partial charge in [0.2, 0.25) is 5.91 Å². The van der Waals surface area contributed by atoms with Crippen LogP contribution < -0.4 is 8.92 Å².